The fourth-order valence-electron chi connectivity index (χ4n) is 3.62. The van der Waals surface area contributed by atoms with Crippen LogP contribution in [-0.2, 0) is 11.3 Å². The summed E-state index contributed by atoms with van der Waals surface area (Å²) in [6.07, 6.45) is 2.24. The zero-order chi connectivity index (χ0) is 18.6. The van der Waals surface area contributed by atoms with Gasteiger partial charge in [0.25, 0.3) is 0 Å². The highest BCUT2D eigenvalue weighted by Crippen LogP contribution is 2.21. The molecule has 2 aromatic carbocycles. The van der Waals surface area contributed by atoms with E-state index in [2.05, 4.69) is 58.9 Å². The third-order valence-corrected chi connectivity index (χ3v) is 6.32. The number of H-pyrrole nitrogens is 1. The van der Waals surface area contributed by atoms with Crippen molar-refractivity contribution in [3.63, 3.8) is 0 Å². The molecule has 27 heavy (non-hydrogen) atoms. The van der Waals surface area contributed by atoms with E-state index in [9.17, 15) is 4.79 Å². The van der Waals surface area contributed by atoms with Gasteiger partial charge in [-0.1, -0.05) is 49.4 Å². The predicted molar refractivity (Wildman–Crippen MR) is 110 cm³/mol. The number of fused-ring (bicyclic) bond motifs is 1. The van der Waals surface area contributed by atoms with Crippen LogP contribution >= 0.6 is 11.8 Å². The van der Waals surface area contributed by atoms with Gasteiger partial charge in [0.2, 0.25) is 5.91 Å². The summed E-state index contributed by atoms with van der Waals surface area (Å²) in [6, 6.07) is 18.8. The Bertz CT molecular complexity index is 914. The first-order valence-corrected chi connectivity index (χ1v) is 10.6. The highest BCUT2D eigenvalue weighted by molar-refractivity contribution is 7.99. The van der Waals surface area contributed by atoms with E-state index in [-0.39, 0.29) is 5.91 Å². The minimum Gasteiger partial charge on any atom is -0.342 e. The lowest BCUT2D eigenvalue weighted by Gasteiger charge is -2.30. The van der Waals surface area contributed by atoms with E-state index in [1.807, 2.05) is 17.0 Å². The van der Waals surface area contributed by atoms with E-state index in [1.165, 1.54) is 11.1 Å². The topological polar surface area (TPSA) is 40.0 Å². The number of para-hydroxylation sites is 2. The molecule has 0 bridgehead atoms. The maximum Gasteiger partial charge on any atom is 0.317 e. The van der Waals surface area contributed by atoms with Crippen LogP contribution in [0.4, 0.5) is 0 Å². The Morgan fingerprint density at radius 2 is 1.81 bits per heavy atom. The van der Waals surface area contributed by atoms with Crippen molar-refractivity contribution in [2.45, 2.75) is 31.5 Å². The van der Waals surface area contributed by atoms with Crippen molar-refractivity contribution >= 4 is 28.7 Å². The Labute approximate surface area is 164 Å². The van der Waals surface area contributed by atoms with E-state index in [0.29, 0.717) is 5.75 Å². The average molecular weight is 381 g/mol. The van der Waals surface area contributed by atoms with Gasteiger partial charge in [-0.25, -0.2) is 9.55 Å². The summed E-state index contributed by atoms with van der Waals surface area (Å²) in [6.45, 7) is 4.87. The number of piperidine rings is 1. The third-order valence-electron chi connectivity index (χ3n) is 5.33. The molecule has 5 heteroatoms. The largest absolute Gasteiger partial charge is 0.342 e. The molecule has 1 aliphatic rings. The predicted octanol–water partition coefficient (Wildman–Crippen LogP) is 3.85. The van der Waals surface area contributed by atoms with Gasteiger partial charge in [0, 0.05) is 13.1 Å². The van der Waals surface area contributed by atoms with Crippen molar-refractivity contribution in [1.29, 1.82) is 0 Å². The van der Waals surface area contributed by atoms with E-state index in [1.54, 1.807) is 11.8 Å². The highest BCUT2D eigenvalue weighted by Gasteiger charge is 2.24. The van der Waals surface area contributed by atoms with Crippen molar-refractivity contribution in [1.82, 2.24) is 9.88 Å². The minimum atomic E-state index is 0.247. The Kier molecular flexibility index (Phi) is 5.48. The molecule has 3 aromatic rings. The van der Waals surface area contributed by atoms with Crippen molar-refractivity contribution in [2.75, 3.05) is 18.8 Å². The third kappa shape index (κ3) is 4.19. The molecule has 4 nitrogen and oxygen atoms in total. The van der Waals surface area contributed by atoms with Crippen molar-refractivity contribution in [3.05, 3.63) is 60.2 Å². The van der Waals surface area contributed by atoms with Gasteiger partial charge in [-0.2, -0.15) is 0 Å². The fourth-order valence-corrected chi connectivity index (χ4v) is 4.57. The number of aromatic nitrogens is 2. The van der Waals surface area contributed by atoms with Gasteiger partial charge < -0.3 is 4.90 Å². The summed E-state index contributed by atoms with van der Waals surface area (Å²) in [7, 11) is 0. The Morgan fingerprint density at radius 1 is 1.11 bits per heavy atom. The number of hydrogen-bond acceptors (Lipinski definition) is 2. The van der Waals surface area contributed by atoms with Crippen LogP contribution in [0.5, 0.6) is 0 Å². The molecular weight excluding hydrogens is 354 g/mol. The number of thioether (sulfide) groups is 1. The summed E-state index contributed by atoms with van der Waals surface area (Å²) in [5.74, 6) is 1.47. The number of carbonyl (C=O) groups is 1. The van der Waals surface area contributed by atoms with E-state index in [4.69, 9.17) is 0 Å². The Balaban J connectivity index is 1.52. The quantitative estimate of drug-likeness (QED) is 0.539. The zero-order valence-electron chi connectivity index (χ0n) is 15.7. The summed E-state index contributed by atoms with van der Waals surface area (Å²) < 4.78 is 2.28. The lowest BCUT2D eigenvalue weighted by Crippen LogP contribution is -2.40. The van der Waals surface area contributed by atoms with Crippen LogP contribution in [-0.4, -0.2) is 34.6 Å². The molecule has 0 unspecified atom stereocenters. The number of benzene rings is 2. The first kappa shape index (κ1) is 18.1. The number of rotatable bonds is 5. The molecule has 1 aliphatic heterocycles. The van der Waals surface area contributed by atoms with Crippen molar-refractivity contribution < 1.29 is 9.36 Å². The fraction of sp³-hybridized carbons (Fsp3) is 0.364. The summed E-state index contributed by atoms with van der Waals surface area (Å²) >= 11 is 1.61. The normalized spacial score (nSPS) is 15.4. The Morgan fingerprint density at radius 3 is 2.59 bits per heavy atom. The molecule has 2 heterocycles. The number of nitrogens with zero attached hydrogens (tertiary/aromatic N) is 2. The zero-order valence-corrected chi connectivity index (χ0v) is 16.5. The van der Waals surface area contributed by atoms with Gasteiger partial charge in [-0.15, -0.1) is 0 Å². The van der Waals surface area contributed by atoms with Crippen LogP contribution in [0.3, 0.4) is 0 Å². The standard InChI is InChI=1S/C22H25N3OS/c1-17-11-13-24(14-12-17)21(26)16-27-22-23-19-9-5-6-10-20(19)25(22)15-18-7-3-2-4-8-18/h2-10,17H,11-16H2,1H3/p+1. The smallest absolute Gasteiger partial charge is 0.317 e. The number of hydrogen-bond donors (Lipinski definition) is 1. The lowest BCUT2D eigenvalue weighted by atomic mass is 9.99. The highest BCUT2D eigenvalue weighted by atomic mass is 32.2. The summed E-state index contributed by atoms with van der Waals surface area (Å²) in [4.78, 5) is 18.2. The number of nitrogens with one attached hydrogen (secondary N) is 1. The molecule has 0 spiro atoms. The molecular formula is C22H26N3OS+. The SMILES string of the molecule is CC1CCN(C(=O)CSc2[nH]c3ccccc3[n+]2Cc2ccccc2)CC1. The van der Waals surface area contributed by atoms with Gasteiger partial charge in [-0.05, 0) is 48.2 Å². The second-order valence-electron chi connectivity index (χ2n) is 7.37. The molecule has 4 rings (SSSR count). The van der Waals surface area contributed by atoms with Crippen molar-refractivity contribution in [2.24, 2.45) is 5.92 Å². The molecule has 0 radical (unpaired) electrons. The van der Waals surface area contributed by atoms with E-state index in [0.717, 1.165) is 49.1 Å². The number of likely N-dealkylation sites (tertiary alicyclic amines) is 1. The molecule has 0 aliphatic carbocycles. The van der Waals surface area contributed by atoms with Crippen molar-refractivity contribution in [3.8, 4) is 0 Å². The van der Waals surface area contributed by atoms with Gasteiger partial charge >= 0.3 is 5.16 Å². The Hall–Kier alpha value is -2.27. The van der Waals surface area contributed by atoms with E-state index < -0.39 is 0 Å². The molecule has 1 fully saturated rings. The van der Waals surface area contributed by atoms with Crippen LogP contribution in [0.25, 0.3) is 11.0 Å². The molecule has 1 amide bonds. The molecule has 1 N–H and O–H groups in total. The van der Waals surface area contributed by atoms with Crippen LogP contribution in [0, 0.1) is 5.92 Å². The first-order valence-electron chi connectivity index (χ1n) is 9.66. The van der Waals surface area contributed by atoms with Gasteiger partial charge in [0.1, 0.15) is 6.54 Å². The molecule has 0 saturated carbocycles. The number of aromatic amines is 1. The van der Waals surface area contributed by atoms with Gasteiger partial charge in [-0.3, -0.25) is 4.79 Å². The maximum absolute atomic E-state index is 12.6. The second kappa shape index (κ2) is 8.17. The number of carbonyl (C=O) groups excluding carboxylic acids is 1. The first-order chi connectivity index (χ1) is 13.2. The molecule has 0 atom stereocenters. The van der Waals surface area contributed by atoms with Crippen LogP contribution < -0.4 is 4.57 Å². The molecule has 1 saturated heterocycles. The van der Waals surface area contributed by atoms with Gasteiger partial charge in [0.05, 0.1) is 5.75 Å². The number of imidazole rings is 1. The maximum atomic E-state index is 12.6. The van der Waals surface area contributed by atoms with Crippen LogP contribution in [0.15, 0.2) is 59.8 Å². The summed E-state index contributed by atoms with van der Waals surface area (Å²) in [5.41, 5.74) is 3.53. The van der Waals surface area contributed by atoms with Gasteiger partial charge in [0.15, 0.2) is 11.0 Å². The van der Waals surface area contributed by atoms with Crippen LogP contribution in [0.1, 0.15) is 25.3 Å². The summed E-state index contributed by atoms with van der Waals surface area (Å²) in [5, 5.41) is 1.04. The molecule has 140 valence electrons. The van der Waals surface area contributed by atoms with E-state index >= 15 is 0 Å². The average Bonchev–Trinajstić information content (AvgIpc) is 3.05. The second-order valence-corrected chi connectivity index (χ2v) is 8.34. The lowest BCUT2D eigenvalue weighted by molar-refractivity contribution is -0.700. The number of amides is 1. The minimum absolute atomic E-state index is 0.247. The molecule has 1 aromatic heterocycles. The monoisotopic (exact) mass is 380 g/mol. The van der Waals surface area contributed by atoms with Crippen LogP contribution in [0.2, 0.25) is 0 Å².